The van der Waals surface area contributed by atoms with Crippen LogP contribution in [0.2, 0.25) is 10.2 Å². The smallest absolute Gasteiger partial charge is 0.382 e. The molecule has 5 rings (SSSR count). The van der Waals surface area contributed by atoms with Crippen molar-refractivity contribution in [3.05, 3.63) is 105 Å². The number of halogens is 5. The Morgan fingerprint density at radius 1 is 1.00 bits per heavy atom. The molecule has 3 heterocycles. The first-order valence-corrected chi connectivity index (χ1v) is 12.9. The van der Waals surface area contributed by atoms with Gasteiger partial charge in [-0.1, -0.05) is 35.3 Å². The molecule has 0 aliphatic carbocycles. The van der Waals surface area contributed by atoms with Crippen LogP contribution in [-0.4, -0.2) is 57.4 Å². The Morgan fingerprint density at radius 2 is 1.74 bits per heavy atom. The number of pyridine rings is 1. The van der Waals surface area contributed by atoms with Gasteiger partial charge in [0.1, 0.15) is 18.0 Å². The SMILES string of the molecule is O=C(Nc1ccc(Cl)nc1)c1ccccc1-n1cnc(Cn2nc(-c3ccc(Cl)cc3)n(CC(O)C(F)(F)F)c2=O)n1. The largest absolute Gasteiger partial charge is 0.416 e. The van der Waals surface area contributed by atoms with E-state index < -0.39 is 30.4 Å². The van der Waals surface area contributed by atoms with Gasteiger partial charge in [-0.05, 0) is 48.5 Å². The zero-order chi connectivity index (χ0) is 30.0. The molecule has 0 bridgehead atoms. The Bertz CT molecular complexity index is 1780. The molecule has 0 aliphatic heterocycles. The van der Waals surface area contributed by atoms with E-state index in [4.69, 9.17) is 23.2 Å². The quantitative estimate of drug-likeness (QED) is 0.249. The number of rotatable bonds is 8. The third kappa shape index (κ3) is 6.35. The van der Waals surface area contributed by atoms with Gasteiger partial charge < -0.3 is 10.4 Å². The van der Waals surface area contributed by atoms with Crippen molar-refractivity contribution in [3.63, 3.8) is 0 Å². The first-order chi connectivity index (χ1) is 20.0. The summed E-state index contributed by atoms with van der Waals surface area (Å²) in [7, 11) is 0. The van der Waals surface area contributed by atoms with E-state index in [0.29, 0.717) is 22.0 Å². The van der Waals surface area contributed by atoms with E-state index in [9.17, 15) is 27.9 Å². The predicted molar refractivity (Wildman–Crippen MR) is 147 cm³/mol. The lowest BCUT2D eigenvalue weighted by Gasteiger charge is -2.15. The van der Waals surface area contributed by atoms with Gasteiger partial charge in [0.2, 0.25) is 0 Å². The molecule has 1 amide bonds. The van der Waals surface area contributed by atoms with Crippen molar-refractivity contribution in [1.29, 1.82) is 0 Å². The molecule has 0 spiro atoms. The number of carbonyl (C=O) groups excluding carboxylic acids is 1. The van der Waals surface area contributed by atoms with Crippen molar-refractivity contribution in [1.82, 2.24) is 34.1 Å². The minimum Gasteiger partial charge on any atom is -0.382 e. The van der Waals surface area contributed by atoms with Crippen molar-refractivity contribution in [2.45, 2.75) is 25.4 Å². The molecule has 2 N–H and O–H groups in total. The van der Waals surface area contributed by atoms with Crippen LogP contribution in [0.25, 0.3) is 17.1 Å². The molecule has 0 aliphatic rings. The Morgan fingerprint density at radius 3 is 2.43 bits per heavy atom. The Balaban J connectivity index is 1.44. The van der Waals surface area contributed by atoms with Gasteiger partial charge in [-0.2, -0.15) is 13.2 Å². The van der Waals surface area contributed by atoms with Crippen molar-refractivity contribution < 1.29 is 23.1 Å². The van der Waals surface area contributed by atoms with Gasteiger partial charge in [-0.15, -0.1) is 10.2 Å². The zero-order valence-electron chi connectivity index (χ0n) is 21.2. The Hall–Kier alpha value is -4.53. The van der Waals surface area contributed by atoms with Gasteiger partial charge in [0.05, 0.1) is 29.7 Å². The standard InChI is InChI=1S/C26H19Cl2F3N8O3/c27-16-7-5-15(6-8-16)23-36-38(25(42)37(23)12-20(40)26(29,30)31)13-22-33-14-39(35-22)19-4-2-1-3-18(19)24(41)34-17-9-10-21(28)32-11-17/h1-11,14,20,40H,12-13H2,(H,34,41). The lowest BCUT2D eigenvalue weighted by Crippen LogP contribution is -2.37. The average Bonchev–Trinajstić information content (AvgIpc) is 3.55. The summed E-state index contributed by atoms with van der Waals surface area (Å²) in [5.74, 6) is -0.492. The van der Waals surface area contributed by atoms with Crippen LogP contribution in [0.15, 0.2) is 78.0 Å². The fraction of sp³-hybridized carbons (Fsp3) is 0.154. The molecule has 2 aromatic carbocycles. The van der Waals surface area contributed by atoms with Gasteiger partial charge in [0, 0.05) is 10.6 Å². The number of hydrogen-bond donors (Lipinski definition) is 2. The molecule has 1 atom stereocenters. The maximum absolute atomic E-state index is 13.1. The van der Waals surface area contributed by atoms with Crippen LogP contribution in [0.4, 0.5) is 18.9 Å². The van der Waals surface area contributed by atoms with E-state index in [0.717, 1.165) is 9.25 Å². The third-order valence-electron chi connectivity index (χ3n) is 5.97. The highest BCUT2D eigenvalue weighted by Crippen LogP contribution is 2.24. The number of nitrogens with one attached hydrogen (secondary N) is 1. The Labute approximate surface area is 244 Å². The molecule has 16 heteroatoms. The normalized spacial score (nSPS) is 12.3. The van der Waals surface area contributed by atoms with Crippen LogP contribution >= 0.6 is 23.2 Å². The number of para-hydroxylation sites is 1. The minimum atomic E-state index is -4.96. The number of amides is 1. The van der Waals surface area contributed by atoms with E-state index in [2.05, 4.69) is 25.5 Å². The van der Waals surface area contributed by atoms with Gasteiger partial charge in [0.25, 0.3) is 5.91 Å². The van der Waals surface area contributed by atoms with E-state index in [1.165, 1.54) is 47.5 Å². The molecule has 0 fully saturated rings. The van der Waals surface area contributed by atoms with Crippen molar-refractivity contribution in [2.24, 2.45) is 0 Å². The lowest BCUT2D eigenvalue weighted by molar-refractivity contribution is -0.207. The van der Waals surface area contributed by atoms with E-state index >= 15 is 0 Å². The number of carbonyl (C=O) groups is 1. The number of aliphatic hydroxyl groups is 1. The summed E-state index contributed by atoms with van der Waals surface area (Å²) in [5.41, 5.74) is 0.413. The second-order valence-corrected chi connectivity index (χ2v) is 9.71. The number of nitrogens with zero attached hydrogens (tertiary/aromatic N) is 7. The number of benzene rings is 2. The molecule has 3 aromatic heterocycles. The van der Waals surface area contributed by atoms with Crippen LogP contribution in [0, 0.1) is 0 Å². The fourth-order valence-electron chi connectivity index (χ4n) is 3.93. The van der Waals surface area contributed by atoms with E-state index in [1.807, 2.05) is 0 Å². The number of alkyl halides is 3. The van der Waals surface area contributed by atoms with Crippen molar-refractivity contribution >= 4 is 34.8 Å². The highest BCUT2D eigenvalue weighted by atomic mass is 35.5. The van der Waals surface area contributed by atoms with Crippen LogP contribution < -0.4 is 11.0 Å². The average molecular weight is 619 g/mol. The van der Waals surface area contributed by atoms with Gasteiger partial charge in [-0.3, -0.25) is 9.36 Å². The number of hydrogen-bond acceptors (Lipinski definition) is 7. The van der Waals surface area contributed by atoms with Crippen LogP contribution in [0.5, 0.6) is 0 Å². The first kappa shape index (κ1) is 29.0. The van der Waals surface area contributed by atoms with E-state index in [-0.39, 0.29) is 28.9 Å². The summed E-state index contributed by atoms with van der Waals surface area (Å²) in [6.07, 6.45) is -5.04. The molecular formula is C26H19Cl2F3N8O3. The second-order valence-electron chi connectivity index (χ2n) is 8.88. The lowest BCUT2D eigenvalue weighted by atomic mass is 10.1. The summed E-state index contributed by atoms with van der Waals surface area (Å²) in [6, 6.07) is 15.6. The maximum Gasteiger partial charge on any atom is 0.416 e. The molecule has 42 heavy (non-hydrogen) atoms. The topological polar surface area (TPSA) is 133 Å². The second kappa shape index (κ2) is 11.8. The Kier molecular flexibility index (Phi) is 8.11. The van der Waals surface area contributed by atoms with Crippen molar-refractivity contribution in [3.8, 4) is 17.1 Å². The van der Waals surface area contributed by atoms with Crippen LogP contribution in [0.3, 0.4) is 0 Å². The molecule has 1 unspecified atom stereocenters. The monoisotopic (exact) mass is 618 g/mol. The summed E-state index contributed by atoms with van der Waals surface area (Å²) < 4.78 is 42.3. The maximum atomic E-state index is 13.1. The van der Waals surface area contributed by atoms with Crippen LogP contribution in [-0.2, 0) is 13.1 Å². The molecule has 0 radical (unpaired) electrons. The highest BCUT2D eigenvalue weighted by Gasteiger charge is 2.39. The third-order valence-corrected chi connectivity index (χ3v) is 6.45. The number of anilines is 1. The highest BCUT2D eigenvalue weighted by molar-refractivity contribution is 6.30. The molecule has 0 saturated heterocycles. The van der Waals surface area contributed by atoms with E-state index in [1.54, 1.807) is 30.3 Å². The molecular weight excluding hydrogens is 600 g/mol. The molecule has 216 valence electrons. The number of aromatic nitrogens is 7. The van der Waals surface area contributed by atoms with Crippen LogP contribution in [0.1, 0.15) is 16.2 Å². The molecule has 0 saturated carbocycles. The molecule has 11 nitrogen and oxygen atoms in total. The number of aliphatic hydroxyl groups excluding tert-OH is 1. The summed E-state index contributed by atoms with van der Waals surface area (Å²) in [6.45, 7) is -1.39. The van der Waals surface area contributed by atoms with Gasteiger partial charge >= 0.3 is 11.9 Å². The van der Waals surface area contributed by atoms with Crippen molar-refractivity contribution in [2.75, 3.05) is 5.32 Å². The fourth-order valence-corrected chi connectivity index (χ4v) is 4.17. The summed E-state index contributed by atoms with van der Waals surface area (Å²) >= 11 is 11.7. The summed E-state index contributed by atoms with van der Waals surface area (Å²) in [4.78, 5) is 34.2. The zero-order valence-corrected chi connectivity index (χ0v) is 22.7. The summed E-state index contributed by atoms with van der Waals surface area (Å²) in [5, 5.41) is 21.6. The predicted octanol–water partition coefficient (Wildman–Crippen LogP) is 4.22. The minimum absolute atomic E-state index is 0.0814. The van der Waals surface area contributed by atoms with Gasteiger partial charge in [-0.25, -0.2) is 24.1 Å². The van der Waals surface area contributed by atoms with Gasteiger partial charge in [0.15, 0.2) is 17.8 Å². The molecule has 5 aromatic rings. The first-order valence-electron chi connectivity index (χ1n) is 12.1.